The molecule has 0 saturated carbocycles. The Morgan fingerprint density at radius 1 is 1.17 bits per heavy atom. The molecule has 0 saturated heterocycles. The Balaban J connectivity index is 2.24. The lowest BCUT2D eigenvalue weighted by atomic mass is 10.2. The van der Waals surface area contributed by atoms with Crippen molar-refractivity contribution < 1.29 is 4.74 Å². The summed E-state index contributed by atoms with van der Waals surface area (Å²) in [6.45, 7) is 0.547. The second kappa shape index (κ2) is 6.27. The maximum absolute atomic E-state index is 5.75. The molecule has 0 spiro atoms. The summed E-state index contributed by atoms with van der Waals surface area (Å²) in [5.41, 5.74) is 6.90. The van der Waals surface area contributed by atoms with Gasteiger partial charge >= 0.3 is 0 Å². The van der Waals surface area contributed by atoms with E-state index in [9.17, 15) is 0 Å². The molecule has 0 aliphatic rings. The molecular formula is C14H14BrNOS. The maximum atomic E-state index is 5.75. The van der Waals surface area contributed by atoms with Gasteiger partial charge in [-0.1, -0.05) is 33.8 Å². The molecule has 2 rings (SSSR count). The molecule has 4 heteroatoms. The quantitative estimate of drug-likeness (QED) is 0.921. The van der Waals surface area contributed by atoms with Crippen LogP contribution in [-0.2, 0) is 6.54 Å². The third-order valence-electron chi connectivity index (χ3n) is 2.54. The van der Waals surface area contributed by atoms with Crippen molar-refractivity contribution in [3.8, 4) is 5.75 Å². The van der Waals surface area contributed by atoms with Crippen molar-refractivity contribution in [1.29, 1.82) is 0 Å². The Bertz CT molecular complexity index is 528. The molecule has 94 valence electrons. The number of halogens is 1. The highest BCUT2D eigenvalue weighted by Gasteiger charge is 2.04. The number of rotatable bonds is 4. The summed E-state index contributed by atoms with van der Waals surface area (Å²) in [5.74, 6) is 0.868. The van der Waals surface area contributed by atoms with Crippen LogP contribution in [0.2, 0.25) is 0 Å². The van der Waals surface area contributed by atoms with Crippen LogP contribution in [0.3, 0.4) is 0 Å². The third kappa shape index (κ3) is 3.28. The first-order valence-electron chi connectivity index (χ1n) is 5.53. The lowest BCUT2D eigenvalue weighted by Crippen LogP contribution is -1.98. The van der Waals surface area contributed by atoms with E-state index in [0.717, 1.165) is 15.8 Å². The van der Waals surface area contributed by atoms with E-state index in [0.29, 0.717) is 6.54 Å². The molecule has 0 unspecified atom stereocenters. The van der Waals surface area contributed by atoms with E-state index in [4.69, 9.17) is 10.5 Å². The summed E-state index contributed by atoms with van der Waals surface area (Å²) in [7, 11) is 1.67. The summed E-state index contributed by atoms with van der Waals surface area (Å²) in [4.78, 5) is 2.35. The highest BCUT2D eigenvalue weighted by atomic mass is 79.9. The molecule has 2 nitrogen and oxygen atoms in total. The Morgan fingerprint density at radius 3 is 2.50 bits per heavy atom. The Labute approximate surface area is 120 Å². The van der Waals surface area contributed by atoms with Gasteiger partial charge in [-0.25, -0.2) is 0 Å². The largest absolute Gasteiger partial charge is 0.497 e. The summed E-state index contributed by atoms with van der Waals surface area (Å²) in [6.07, 6.45) is 0. The molecule has 0 aliphatic heterocycles. The van der Waals surface area contributed by atoms with E-state index >= 15 is 0 Å². The number of nitrogens with two attached hydrogens (primary N) is 1. The molecule has 0 amide bonds. The van der Waals surface area contributed by atoms with Gasteiger partial charge in [0, 0.05) is 20.8 Å². The highest BCUT2D eigenvalue weighted by molar-refractivity contribution is 9.10. The van der Waals surface area contributed by atoms with Gasteiger partial charge in [-0.3, -0.25) is 0 Å². The van der Waals surface area contributed by atoms with E-state index in [1.807, 2.05) is 30.3 Å². The molecule has 0 aliphatic carbocycles. The minimum absolute atomic E-state index is 0.547. The summed E-state index contributed by atoms with van der Waals surface area (Å²) in [5, 5.41) is 0. The van der Waals surface area contributed by atoms with Crippen molar-refractivity contribution >= 4 is 27.7 Å². The first-order valence-corrected chi connectivity index (χ1v) is 7.14. The van der Waals surface area contributed by atoms with Crippen LogP contribution in [0.15, 0.2) is 56.7 Å². The molecule has 18 heavy (non-hydrogen) atoms. The molecule has 0 heterocycles. The van der Waals surface area contributed by atoms with Gasteiger partial charge in [-0.2, -0.15) is 0 Å². The molecule has 0 aromatic heterocycles. The molecular weight excluding hydrogens is 310 g/mol. The number of ether oxygens (including phenoxy) is 1. The predicted molar refractivity (Wildman–Crippen MR) is 79.2 cm³/mol. The van der Waals surface area contributed by atoms with Crippen molar-refractivity contribution in [2.45, 2.75) is 16.3 Å². The van der Waals surface area contributed by atoms with Gasteiger partial charge in [0.1, 0.15) is 5.75 Å². The molecule has 0 atom stereocenters. The van der Waals surface area contributed by atoms with Crippen LogP contribution >= 0.6 is 27.7 Å². The van der Waals surface area contributed by atoms with Crippen molar-refractivity contribution in [2.24, 2.45) is 5.73 Å². The first-order chi connectivity index (χ1) is 8.72. The van der Waals surface area contributed by atoms with E-state index in [-0.39, 0.29) is 0 Å². The lowest BCUT2D eigenvalue weighted by Gasteiger charge is -2.08. The van der Waals surface area contributed by atoms with E-state index < -0.39 is 0 Å². The minimum Gasteiger partial charge on any atom is -0.497 e. The van der Waals surface area contributed by atoms with Crippen molar-refractivity contribution in [2.75, 3.05) is 7.11 Å². The third-order valence-corrected chi connectivity index (χ3v) is 4.14. The lowest BCUT2D eigenvalue weighted by molar-refractivity contribution is 0.414. The monoisotopic (exact) mass is 323 g/mol. The van der Waals surface area contributed by atoms with Crippen LogP contribution in [0, 0.1) is 0 Å². The second-order valence-corrected chi connectivity index (χ2v) is 5.76. The van der Waals surface area contributed by atoms with Gasteiger partial charge in [-0.05, 0) is 42.0 Å². The molecule has 2 aromatic carbocycles. The smallest absolute Gasteiger partial charge is 0.118 e. The highest BCUT2D eigenvalue weighted by Crippen LogP contribution is 2.33. The van der Waals surface area contributed by atoms with Gasteiger partial charge < -0.3 is 10.5 Å². The van der Waals surface area contributed by atoms with Crippen LogP contribution in [-0.4, -0.2) is 7.11 Å². The summed E-state index contributed by atoms with van der Waals surface area (Å²) >= 11 is 5.19. The Hall–Kier alpha value is -0.970. The topological polar surface area (TPSA) is 35.2 Å². The Kier molecular flexibility index (Phi) is 4.69. The fourth-order valence-electron chi connectivity index (χ4n) is 1.56. The molecule has 0 fully saturated rings. The van der Waals surface area contributed by atoms with Crippen molar-refractivity contribution in [3.63, 3.8) is 0 Å². The normalized spacial score (nSPS) is 10.4. The molecule has 2 aromatic rings. The average molecular weight is 324 g/mol. The van der Waals surface area contributed by atoms with Crippen LogP contribution < -0.4 is 10.5 Å². The zero-order valence-corrected chi connectivity index (χ0v) is 12.4. The molecule has 0 bridgehead atoms. The van der Waals surface area contributed by atoms with Crippen LogP contribution in [0.4, 0.5) is 0 Å². The van der Waals surface area contributed by atoms with Gasteiger partial charge in [0.05, 0.1) is 7.11 Å². The van der Waals surface area contributed by atoms with E-state index in [1.54, 1.807) is 18.9 Å². The van der Waals surface area contributed by atoms with Crippen molar-refractivity contribution in [3.05, 3.63) is 52.5 Å². The van der Waals surface area contributed by atoms with Gasteiger partial charge in [0.2, 0.25) is 0 Å². The summed E-state index contributed by atoms with van der Waals surface area (Å²) in [6, 6.07) is 14.2. The zero-order valence-electron chi connectivity index (χ0n) is 10.0. The standard InChI is InChI=1S/C14H14BrNOS/c1-17-12-4-6-13(7-5-12)18-14-8-11(15)3-2-10(14)9-16/h2-8H,9,16H2,1H3. The van der Waals surface area contributed by atoms with Crippen LogP contribution in [0.1, 0.15) is 5.56 Å². The fourth-order valence-corrected chi connectivity index (χ4v) is 3.07. The van der Waals surface area contributed by atoms with Crippen LogP contribution in [0.25, 0.3) is 0 Å². The maximum Gasteiger partial charge on any atom is 0.118 e. The van der Waals surface area contributed by atoms with E-state index in [2.05, 4.69) is 28.1 Å². The number of benzene rings is 2. The predicted octanol–water partition coefficient (Wildman–Crippen LogP) is 4.07. The van der Waals surface area contributed by atoms with Gasteiger partial charge in [0.15, 0.2) is 0 Å². The first kappa shape index (κ1) is 13.5. The SMILES string of the molecule is COc1ccc(Sc2cc(Br)ccc2CN)cc1. The van der Waals surface area contributed by atoms with E-state index in [1.165, 1.54) is 9.79 Å². The number of hydrogen-bond acceptors (Lipinski definition) is 3. The number of methoxy groups -OCH3 is 1. The average Bonchev–Trinajstić information content (AvgIpc) is 2.40. The van der Waals surface area contributed by atoms with Crippen molar-refractivity contribution in [1.82, 2.24) is 0 Å². The fraction of sp³-hybridized carbons (Fsp3) is 0.143. The molecule has 0 radical (unpaired) electrons. The zero-order chi connectivity index (χ0) is 13.0. The Morgan fingerprint density at radius 2 is 1.89 bits per heavy atom. The summed E-state index contributed by atoms with van der Waals surface area (Å²) < 4.78 is 6.21. The molecule has 2 N–H and O–H groups in total. The van der Waals surface area contributed by atoms with Gasteiger partial charge in [0.25, 0.3) is 0 Å². The second-order valence-electron chi connectivity index (χ2n) is 3.73. The van der Waals surface area contributed by atoms with Gasteiger partial charge in [-0.15, -0.1) is 0 Å². The number of hydrogen-bond donors (Lipinski definition) is 1. The minimum atomic E-state index is 0.547. The van der Waals surface area contributed by atoms with Crippen LogP contribution in [0.5, 0.6) is 5.75 Å².